The number of thioether (sulfide) groups is 1. The van der Waals surface area contributed by atoms with Gasteiger partial charge in [-0.05, 0) is 48.0 Å². The minimum Gasteiger partial charge on any atom is -0.508 e. The molecule has 0 aliphatic carbocycles. The second-order valence-electron chi connectivity index (χ2n) is 7.09. The second-order valence-corrected chi connectivity index (χ2v) is 8.47. The Morgan fingerprint density at radius 3 is 2.66 bits per heavy atom. The van der Waals surface area contributed by atoms with E-state index in [-0.39, 0.29) is 11.3 Å². The van der Waals surface area contributed by atoms with Crippen LogP contribution in [0.25, 0.3) is 27.6 Å². The Hall–Kier alpha value is -3.55. The smallest absolute Gasteiger partial charge is 0.336 e. The summed E-state index contributed by atoms with van der Waals surface area (Å²) in [5.74, 6) is 0.370. The maximum absolute atomic E-state index is 13.4. The summed E-state index contributed by atoms with van der Waals surface area (Å²) in [6.45, 7) is 0. The van der Waals surface area contributed by atoms with E-state index in [0.717, 1.165) is 0 Å². The first-order valence-electron chi connectivity index (χ1n) is 9.66. The summed E-state index contributed by atoms with van der Waals surface area (Å²) in [6.07, 6.45) is 0. The van der Waals surface area contributed by atoms with Crippen LogP contribution in [0.5, 0.6) is 5.75 Å². The molecule has 2 heterocycles. The minimum absolute atomic E-state index is 0.0106. The van der Waals surface area contributed by atoms with Crippen molar-refractivity contribution in [1.82, 2.24) is 9.55 Å². The molecule has 5 aromatic rings. The highest BCUT2D eigenvalue weighted by Gasteiger charge is 2.15. The van der Waals surface area contributed by atoms with Gasteiger partial charge in [-0.25, -0.2) is 9.78 Å². The van der Waals surface area contributed by atoms with E-state index in [1.54, 1.807) is 48.5 Å². The number of aromatic nitrogens is 2. The third-order valence-electron chi connectivity index (χ3n) is 4.98. The highest BCUT2D eigenvalue weighted by molar-refractivity contribution is 7.98. The third-order valence-corrected chi connectivity index (χ3v) is 6.20. The van der Waals surface area contributed by atoms with Crippen LogP contribution in [0.4, 0.5) is 0 Å². The Kier molecular flexibility index (Phi) is 5.20. The van der Waals surface area contributed by atoms with Crippen LogP contribution >= 0.6 is 23.4 Å². The third kappa shape index (κ3) is 3.77. The number of nitrogens with zero attached hydrogens (tertiary/aromatic N) is 2. The number of phenolic OH excluding ortho intramolecular Hbond substituents is 1. The molecule has 0 spiro atoms. The average molecular weight is 463 g/mol. The van der Waals surface area contributed by atoms with Gasteiger partial charge in [0.1, 0.15) is 11.3 Å². The van der Waals surface area contributed by atoms with Crippen molar-refractivity contribution in [1.29, 1.82) is 0 Å². The predicted octanol–water partition coefficient (Wildman–Crippen LogP) is 5.14. The molecule has 0 fully saturated rings. The zero-order valence-corrected chi connectivity index (χ0v) is 18.1. The summed E-state index contributed by atoms with van der Waals surface area (Å²) < 4.78 is 6.73. The quantitative estimate of drug-likeness (QED) is 0.226. The average Bonchev–Trinajstić information content (AvgIpc) is 2.77. The van der Waals surface area contributed by atoms with Crippen molar-refractivity contribution in [3.63, 3.8) is 0 Å². The number of fused-ring (bicyclic) bond motifs is 2. The van der Waals surface area contributed by atoms with Crippen molar-refractivity contribution in [2.45, 2.75) is 10.9 Å². The lowest BCUT2D eigenvalue weighted by Gasteiger charge is -2.14. The molecule has 0 atom stereocenters. The topological polar surface area (TPSA) is 85.3 Å². The van der Waals surface area contributed by atoms with Gasteiger partial charge in [0.2, 0.25) is 0 Å². The van der Waals surface area contributed by atoms with E-state index in [1.165, 1.54) is 34.5 Å². The monoisotopic (exact) mass is 462 g/mol. The summed E-state index contributed by atoms with van der Waals surface area (Å²) >= 11 is 7.50. The maximum atomic E-state index is 13.4. The molecule has 1 N–H and O–H groups in total. The van der Waals surface area contributed by atoms with Crippen molar-refractivity contribution < 1.29 is 9.52 Å². The van der Waals surface area contributed by atoms with E-state index in [0.29, 0.717) is 49.1 Å². The van der Waals surface area contributed by atoms with Gasteiger partial charge < -0.3 is 9.52 Å². The molecule has 0 aliphatic rings. The molecule has 0 saturated carbocycles. The number of para-hydroxylation sites is 1. The van der Waals surface area contributed by atoms with E-state index in [9.17, 15) is 14.7 Å². The SMILES string of the molecule is O=c1cc(CSc2nc3ccccc3c(=O)n2-c2cccc(Cl)c2)c2ccc(O)cc2o1. The van der Waals surface area contributed by atoms with Crippen molar-refractivity contribution in [3.8, 4) is 11.4 Å². The van der Waals surface area contributed by atoms with Gasteiger partial charge in [-0.1, -0.05) is 41.6 Å². The maximum Gasteiger partial charge on any atom is 0.336 e. The molecular formula is C24H15ClN2O4S. The molecule has 0 radical (unpaired) electrons. The van der Waals surface area contributed by atoms with E-state index in [4.69, 9.17) is 21.0 Å². The molecule has 0 bridgehead atoms. The summed E-state index contributed by atoms with van der Waals surface area (Å²) in [5.41, 5.74) is 1.47. The van der Waals surface area contributed by atoms with Crippen molar-refractivity contribution >= 4 is 45.2 Å². The molecule has 0 unspecified atom stereocenters. The second kappa shape index (κ2) is 8.18. The number of halogens is 1. The largest absolute Gasteiger partial charge is 0.508 e. The van der Waals surface area contributed by atoms with E-state index < -0.39 is 5.63 Å². The molecule has 0 aliphatic heterocycles. The van der Waals surface area contributed by atoms with Crippen LogP contribution in [0.3, 0.4) is 0 Å². The number of aromatic hydroxyl groups is 1. The molecule has 158 valence electrons. The van der Waals surface area contributed by atoms with Crippen LogP contribution in [-0.4, -0.2) is 14.7 Å². The fraction of sp³-hybridized carbons (Fsp3) is 0.0417. The van der Waals surface area contributed by atoms with Gasteiger partial charge in [-0.15, -0.1) is 0 Å². The van der Waals surface area contributed by atoms with Crippen LogP contribution in [0.1, 0.15) is 5.56 Å². The predicted molar refractivity (Wildman–Crippen MR) is 126 cm³/mol. The Morgan fingerprint density at radius 2 is 1.81 bits per heavy atom. The Bertz CT molecular complexity index is 1610. The van der Waals surface area contributed by atoms with Gasteiger partial charge in [0.25, 0.3) is 5.56 Å². The zero-order valence-electron chi connectivity index (χ0n) is 16.5. The van der Waals surface area contributed by atoms with Crippen LogP contribution < -0.4 is 11.2 Å². The lowest BCUT2D eigenvalue weighted by atomic mass is 10.1. The van der Waals surface area contributed by atoms with Crippen molar-refractivity contribution in [3.05, 3.63) is 104 Å². The highest BCUT2D eigenvalue weighted by atomic mass is 35.5. The number of phenols is 1. The van der Waals surface area contributed by atoms with Gasteiger partial charge in [0, 0.05) is 28.3 Å². The molecule has 3 aromatic carbocycles. The highest BCUT2D eigenvalue weighted by Crippen LogP contribution is 2.29. The van der Waals surface area contributed by atoms with Gasteiger partial charge in [0.15, 0.2) is 5.16 Å². The first-order chi connectivity index (χ1) is 15.5. The van der Waals surface area contributed by atoms with Crippen molar-refractivity contribution in [2.24, 2.45) is 0 Å². The van der Waals surface area contributed by atoms with Crippen molar-refractivity contribution in [2.75, 3.05) is 0 Å². The van der Waals surface area contributed by atoms with Crippen LogP contribution in [0.15, 0.2) is 92.0 Å². The Labute approximate surface area is 190 Å². The van der Waals surface area contributed by atoms with E-state index in [1.807, 2.05) is 6.07 Å². The summed E-state index contributed by atoms with van der Waals surface area (Å²) in [7, 11) is 0. The lowest BCUT2D eigenvalue weighted by molar-refractivity contribution is 0.473. The molecule has 6 nitrogen and oxygen atoms in total. The summed E-state index contributed by atoms with van der Waals surface area (Å²) in [6, 6.07) is 20.2. The van der Waals surface area contributed by atoms with Gasteiger partial charge in [-0.3, -0.25) is 9.36 Å². The fourth-order valence-electron chi connectivity index (χ4n) is 3.53. The molecule has 5 rings (SSSR count). The Morgan fingerprint density at radius 1 is 0.969 bits per heavy atom. The number of benzene rings is 3. The fourth-order valence-corrected chi connectivity index (χ4v) is 4.72. The molecule has 8 heteroatoms. The van der Waals surface area contributed by atoms with Gasteiger partial charge >= 0.3 is 5.63 Å². The zero-order chi connectivity index (χ0) is 22.2. The van der Waals surface area contributed by atoms with Crippen LogP contribution in [-0.2, 0) is 5.75 Å². The molecule has 2 aromatic heterocycles. The minimum atomic E-state index is -0.516. The lowest BCUT2D eigenvalue weighted by Crippen LogP contribution is -2.21. The van der Waals surface area contributed by atoms with Crippen LogP contribution in [0.2, 0.25) is 5.02 Å². The first kappa shape index (κ1) is 20.4. The number of hydrogen-bond donors (Lipinski definition) is 1. The molecular weight excluding hydrogens is 448 g/mol. The standard InChI is InChI=1S/C24H15ClN2O4S/c25-15-4-3-5-16(11-15)27-23(30)19-6-1-2-7-20(19)26-24(27)32-13-14-10-22(29)31-21-12-17(28)8-9-18(14)21/h1-12,28H,13H2. The van der Waals surface area contributed by atoms with E-state index in [2.05, 4.69) is 0 Å². The van der Waals surface area contributed by atoms with E-state index >= 15 is 0 Å². The summed E-state index contributed by atoms with van der Waals surface area (Å²) in [5, 5.41) is 11.9. The number of hydrogen-bond acceptors (Lipinski definition) is 6. The molecule has 32 heavy (non-hydrogen) atoms. The molecule has 0 saturated heterocycles. The Balaban J connectivity index is 1.65. The van der Waals surface area contributed by atoms with Gasteiger partial charge in [0.05, 0.1) is 16.6 Å². The summed E-state index contributed by atoms with van der Waals surface area (Å²) in [4.78, 5) is 30.1. The number of rotatable bonds is 4. The van der Waals surface area contributed by atoms with Crippen LogP contribution in [0, 0.1) is 0 Å². The first-order valence-corrected chi connectivity index (χ1v) is 11.0. The molecule has 0 amide bonds. The normalized spacial score (nSPS) is 11.3. The van der Waals surface area contributed by atoms with Gasteiger partial charge in [-0.2, -0.15) is 0 Å².